The molecule has 4 rings (SSSR count). The SMILES string of the molecule is Cc1cccn2c(CN3CCC(C(=O)O)CC3)c(-c3ccc(F)cc3)nc12. The minimum absolute atomic E-state index is 0.248. The molecule has 0 radical (unpaired) electrons. The smallest absolute Gasteiger partial charge is 0.306 e. The molecule has 0 amide bonds. The number of carboxylic acid groups (broad SMARTS) is 1. The lowest BCUT2D eigenvalue weighted by Crippen LogP contribution is -2.36. The van der Waals surface area contributed by atoms with Gasteiger partial charge in [0.25, 0.3) is 0 Å². The van der Waals surface area contributed by atoms with Gasteiger partial charge in [0, 0.05) is 18.3 Å². The highest BCUT2D eigenvalue weighted by atomic mass is 19.1. The number of benzene rings is 1. The summed E-state index contributed by atoms with van der Waals surface area (Å²) < 4.78 is 15.5. The van der Waals surface area contributed by atoms with Gasteiger partial charge in [0.1, 0.15) is 11.5 Å². The monoisotopic (exact) mass is 367 g/mol. The molecule has 1 aromatic carbocycles. The lowest BCUT2D eigenvalue weighted by atomic mass is 9.97. The van der Waals surface area contributed by atoms with Crippen molar-refractivity contribution in [2.24, 2.45) is 5.92 Å². The maximum absolute atomic E-state index is 13.4. The molecular formula is C21H22FN3O2. The van der Waals surface area contributed by atoms with E-state index >= 15 is 0 Å². The molecule has 3 heterocycles. The van der Waals surface area contributed by atoms with E-state index < -0.39 is 5.97 Å². The maximum atomic E-state index is 13.4. The van der Waals surface area contributed by atoms with Crippen molar-refractivity contribution >= 4 is 11.6 Å². The van der Waals surface area contributed by atoms with E-state index in [4.69, 9.17) is 4.98 Å². The lowest BCUT2D eigenvalue weighted by Gasteiger charge is -2.30. The summed E-state index contributed by atoms with van der Waals surface area (Å²) in [6, 6.07) is 10.4. The summed E-state index contributed by atoms with van der Waals surface area (Å²) in [5, 5.41) is 9.20. The molecule has 1 fully saturated rings. The van der Waals surface area contributed by atoms with E-state index in [9.17, 15) is 14.3 Å². The van der Waals surface area contributed by atoms with Crippen LogP contribution < -0.4 is 0 Å². The van der Waals surface area contributed by atoms with Crippen LogP contribution in [0.4, 0.5) is 4.39 Å². The van der Waals surface area contributed by atoms with Crippen LogP contribution in [0.5, 0.6) is 0 Å². The average Bonchev–Trinajstić information content (AvgIpc) is 3.03. The van der Waals surface area contributed by atoms with E-state index in [1.807, 2.05) is 25.3 Å². The number of fused-ring (bicyclic) bond motifs is 1. The molecule has 3 aromatic rings. The highest BCUT2D eigenvalue weighted by Gasteiger charge is 2.26. The highest BCUT2D eigenvalue weighted by molar-refractivity contribution is 5.70. The van der Waals surface area contributed by atoms with E-state index in [-0.39, 0.29) is 11.7 Å². The molecule has 0 atom stereocenters. The Kier molecular flexibility index (Phi) is 4.66. The second-order valence-electron chi connectivity index (χ2n) is 7.19. The minimum atomic E-state index is -0.702. The Morgan fingerprint density at radius 3 is 2.59 bits per heavy atom. The van der Waals surface area contributed by atoms with Gasteiger partial charge in [0.2, 0.25) is 0 Å². The number of carboxylic acids is 1. The Morgan fingerprint density at radius 1 is 1.22 bits per heavy atom. The molecule has 1 aliphatic heterocycles. The number of aliphatic carboxylic acids is 1. The number of halogens is 1. The summed E-state index contributed by atoms with van der Waals surface area (Å²) in [4.78, 5) is 18.3. The fourth-order valence-electron chi connectivity index (χ4n) is 3.79. The average molecular weight is 367 g/mol. The largest absolute Gasteiger partial charge is 0.481 e. The summed E-state index contributed by atoms with van der Waals surface area (Å²) in [5.41, 5.74) is 4.76. The Labute approximate surface area is 157 Å². The number of likely N-dealkylation sites (tertiary alicyclic amines) is 1. The van der Waals surface area contributed by atoms with Crippen LogP contribution in [0.15, 0.2) is 42.6 Å². The van der Waals surface area contributed by atoms with Gasteiger partial charge in [-0.25, -0.2) is 9.37 Å². The molecule has 0 unspecified atom stereocenters. The number of rotatable bonds is 4. The summed E-state index contributed by atoms with van der Waals surface area (Å²) in [5.74, 6) is -1.22. The van der Waals surface area contributed by atoms with Gasteiger partial charge in [-0.2, -0.15) is 0 Å². The zero-order chi connectivity index (χ0) is 19.0. The van der Waals surface area contributed by atoms with Crippen molar-refractivity contribution in [3.63, 3.8) is 0 Å². The molecule has 5 nitrogen and oxygen atoms in total. The Hall–Kier alpha value is -2.73. The Bertz CT molecular complexity index is 973. The molecule has 0 spiro atoms. The molecule has 6 heteroatoms. The third kappa shape index (κ3) is 3.45. The normalized spacial score (nSPS) is 16.1. The van der Waals surface area contributed by atoms with E-state index in [2.05, 4.69) is 9.30 Å². The van der Waals surface area contributed by atoms with Crippen LogP contribution in [0.1, 0.15) is 24.1 Å². The van der Waals surface area contributed by atoms with Crippen molar-refractivity contribution in [1.82, 2.24) is 14.3 Å². The fraction of sp³-hybridized carbons (Fsp3) is 0.333. The quantitative estimate of drug-likeness (QED) is 0.763. The minimum Gasteiger partial charge on any atom is -0.481 e. The number of hydrogen-bond acceptors (Lipinski definition) is 3. The molecule has 0 bridgehead atoms. The second kappa shape index (κ2) is 7.12. The standard InChI is InChI=1S/C21H22FN3O2/c1-14-3-2-10-25-18(13-24-11-8-16(9-12-24)21(26)27)19(23-20(14)25)15-4-6-17(22)7-5-15/h2-7,10,16H,8-9,11-13H2,1H3,(H,26,27). The summed E-state index contributed by atoms with van der Waals surface area (Å²) in [6.45, 7) is 4.21. The van der Waals surface area contributed by atoms with Gasteiger partial charge >= 0.3 is 5.97 Å². The van der Waals surface area contributed by atoms with E-state index in [1.54, 1.807) is 12.1 Å². The van der Waals surface area contributed by atoms with Crippen LogP contribution in [-0.2, 0) is 11.3 Å². The van der Waals surface area contributed by atoms with Crippen LogP contribution >= 0.6 is 0 Å². The molecular weight excluding hydrogens is 345 g/mol. The van der Waals surface area contributed by atoms with Crippen molar-refractivity contribution in [2.45, 2.75) is 26.3 Å². The lowest BCUT2D eigenvalue weighted by molar-refractivity contribution is -0.143. The van der Waals surface area contributed by atoms with Gasteiger partial charge in [-0.3, -0.25) is 9.69 Å². The molecule has 140 valence electrons. The van der Waals surface area contributed by atoms with E-state index in [0.29, 0.717) is 19.4 Å². The van der Waals surface area contributed by atoms with Crippen LogP contribution in [0.3, 0.4) is 0 Å². The third-order valence-corrected chi connectivity index (χ3v) is 5.37. The van der Waals surface area contributed by atoms with Crippen LogP contribution in [0, 0.1) is 18.7 Å². The topological polar surface area (TPSA) is 57.8 Å². The first-order chi connectivity index (χ1) is 13.0. The summed E-state index contributed by atoms with van der Waals surface area (Å²) in [7, 11) is 0. The number of imidazole rings is 1. The van der Waals surface area contributed by atoms with Gasteiger partial charge < -0.3 is 9.51 Å². The Morgan fingerprint density at radius 2 is 1.93 bits per heavy atom. The Balaban J connectivity index is 1.70. The number of pyridine rings is 1. The maximum Gasteiger partial charge on any atom is 0.306 e. The van der Waals surface area contributed by atoms with Crippen molar-refractivity contribution in [1.29, 1.82) is 0 Å². The molecule has 1 aliphatic rings. The van der Waals surface area contributed by atoms with Crippen LogP contribution in [0.2, 0.25) is 0 Å². The number of nitrogens with zero attached hydrogens (tertiary/aromatic N) is 3. The van der Waals surface area contributed by atoms with Gasteiger partial charge in [-0.1, -0.05) is 6.07 Å². The van der Waals surface area contributed by atoms with E-state index in [1.165, 1.54) is 12.1 Å². The first kappa shape index (κ1) is 17.7. The molecule has 0 saturated carbocycles. The fourth-order valence-corrected chi connectivity index (χ4v) is 3.79. The van der Waals surface area contributed by atoms with Gasteiger partial charge in [0.05, 0.1) is 17.3 Å². The molecule has 0 aliphatic carbocycles. The van der Waals surface area contributed by atoms with Crippen LogP contribution in [0.25, 0.3) is 16.9 Å². The van der Waals surface area contributed by atoms with Crippen molar-refractivity contribution in [3.05, 3.63) is 59.7 Å². The molecule has 27 heavy (non-hydrogen) atoms. The molecule has 1 saturated heterocycles. The van der Waals surface area contributed by atoms with Crippen molar-refractivity contribution in [3.8, 4) is 11.3 Å². The summed E-state index contributed by atoms with van der Waals surface area (Å²) >= 11 is 0. The second-order valence-corrected chi connectivity index (χ2v) is 7.19. The van der Waals surface area contributed by atoms with Gasteiger partial charge in [-0.15, -0.1) is 0 Å². The van der Waals surface area contributed by atoms with Gasteiger partial charge in [0.15, 0.2) is 0 Å². The summed E-state index contributed by atoms with van der Waals surface area (Å²) in [6.07, 6.45) is 3.33. The number of aryl methyl sites for hydroxylation is 1. The highest BCUT2D eigenvalue weighted by Crippen LogP contribution is 2.28. The molecule has 2 aromatic heterocycles. The molecule has 1 N–H and O–H groups in total. The predicted molar refractivity (Wildman–Crippen MR) is 101 cm³/mol. The third-order valence-electron chi connectivity index (χ3n) is 5.37. The first-order valence-corrected chi connectivity index (χ1v) is 9.20. The zero-order valence-corrected chi connectivity index (χ0v) is 15.2. The predicted octanol–water partition coefficient (Wildman–Crippen LogP) is 3.75. The van der Waals surface area contributed by atoms with Crippen LogP contribution in [-0.4, -0.2) is 38.4 Å². The number of carbonyl (C=O) groups is 1. The first-order valence-electron chi connectivity index (χ1n) is 9.20. The van der Waals surface area contributed by atoms with Gasteiger partial charge in [-0.05, 0) is 68.8 Å². The zero-order valence-electron chi connectivity index (χ0n) is 15.2. The van der Waals surface area contributed by atoms with Crippen molar-refractivity contribution < 1.29 is 14.3 Å². The van der Waals surface area contributed by atoms with E-state index in [0.717, 1.165) is 41.3 Å². The number of piperidine rings is 1. The number of aromatic nitrogens is 2. The van der Waals surface area contributed by atoms with Crippen molar-refractivity contribution in [2.75, 3.05) is 13.1 Å². The number of hydrogen-bond donors (Lipinski definition) is 1.